The summed E-state index contributed by atoms with van der Waals surface area (Å²) in [5, 5.41) is 6.66. The van der Waals surface area contributed by atoms with Gasteiger partial charge in [-0.05, 0) is 17.7 Å². The maximum absolute atomic E-state index is 12.2. The summed E-state index contributed by atoms with van der Waals surface area (Å²) in [5.41, 5.74) is 1.95. The van der Waals surface area contributed by atoms with Crippen molar-refractivity contribution < 1.29 is 9.53 Å². The monoisotopic (exact) mass is 348 g/mol. The zero-order valence-electron chi connectivity index (χ0n) is 12.2. The molecule has 0 radical (unpaired) electrons. The van der Waals surface area contributed by atoms with Gasteiger partial charge < -0.3 is 4.74 Å². The van der Waals surface area contributed by atoms with Crippen LogP contribution in [0.1, 0.15) is 12.0 Å². The summed E-state index contributed by atoms with van der Waals surface area (Å²) in [6, 6.07) is 14.7. The average Bonchev–Trinajstić information content (AvgIpc) is 3.06. The molecule has 0 fully saturated rings. The Morgan fingerprint density at radius 3 is 2.65 bits per heavy atom. The Morgan fingerprint density at radius 2 is 1.91 bits per heavy atom. The zero-order chi connectivity index (χ0) is 16.2. The van der Waals surface area contributed by atoms with Gasteiger partial charge in [-0.2, -0.15) is 5.10 Å². The highest BCUT2D eigenvalue weighted by Crippen LogP contribution is 2.26. The van der Waals surface area contributed by atoms with Crippen molar-refractivity contribution in [3.8, 4) is 5.75 Å². The first-order valence-corrected chi connectivity index (χ1v) is 7.90. The Bertz CT molecular complexity index is 748. The van der Waals surface area contributed by atoms with E-state index in [1.807, 2.05) is 30.3 Å². The SMILES string of the molecule is O=C(COc1ccc(Cl)c(Cl)c1)N1CCC(c2ccccc2)=N1. The Kier molecular flexibility index (Phi) is 4.84. The van der Waals surface area contributed by atoms with E-state index in [0.29, 0.717) is 22.3 Å². The molecule has 118 valence electrons. The van der Waals surface area contributed by atoms with E-state index in [4.69, 9.17) is 27.9 Å². The lowest BCUT2D eigenvalue weighted by Crippen LogP contribution is -2.28. The Balaban J connectivity index is 1.61. The minimum atomic E-state index is -0.193. The second kappa shape index (κ2) is 7.02. The normalized spacial score (nSPS) is 13.8. The first-order chi connectivity index (χ1) is 11.1. The molecule has 2 aromatic rings. The second-order valence-electron chi connectivity index (χ2n) is 5.04. The number of hydrogen-bond donors (Lipinski definition) is 0. The van der Waals surface area contributed by atoms with Crippen LogP contribution in [0.15, 0.2) is 53.6 Å². The molecule has 3 rings (SSSR count). The molecule has 1 aliphatic heterocycles. The quantitative estimate of drug-likeness (QED) is 0.837. The van der Waals surface area contributed by atoms with E-state index < -0.39 is 0 Å². The van der Waals surface area contributed by atoms with E-state index in [0.717, 1.165) is 17.7 Å². The van der Waals surface area contributed by atoms with Crippen molar-refractivity contribution in [1.82, 2.24) is 5.01 Å². The summed E-state index contributed by atoms with van der Waals surface area (Å²) in [6.07, 6.45) is 0.739. The lowest BCUT2D eigenvalue weighted by molar-refractivity contribution is -0.132. The maximum atomic E-state index is 12.2. The van der Waals surface area contributed by atoms with E-state index in [9.17, 15) is 4.79 Å². The first kappa shape index (κ1) is 15.8. The van der Waals surface area contributed by atoms with Gasteiger partial charge in [0.25, 0.3) is 5.91 Å². The third-order valence-electron chi connectivity index (χ3n) is 3.45. The van der Waals surface area contributed by atoms with Crippen LogP contribution in [0.4, 0.5) is 0 Å². The van der Waals surface area contributed by atoms with Crippen LogP contribution in [0, 0.1) is 0 Å². The number of carbonyl (C=O) groups excluding carboxylic acids is 1. The van der Waals surface area contributed by atoms with Gasteiger partial charge in [-0.3, -0.25) is 4.79 Å². The molecule has 0 atom stereocenters. The molecular formula is C17H14Cl2N2O2. The van der Waals surface area contributed by atoms with Gasteiger partial charge >= 0.3 is 0 Å². The van der Waals surface area contributed by atoms with Crippen LogP contribution in [-0.4, -0.2) is 29.8 Å². The standard InChI is InChI=1S/C17H14Cl2N2O2/c18-14-7-6-13(10-15(14)19)23-11-17(22)21-9-8-16(20-21)12-4-2-1-3-5-12/h1-7,10H,8-9,11H2. The van der Waals surface area contributed by atoms with Gasteiger partial charge in [0.15, 0.2) is 6.61 Å². The van der Waals surface area contributed by atoms with Gasteiger partial charge in [0.05, 0.1) is 22.3 Å². The smallest absolute Gasteiger partial charge is 0.280 e. The minimum absolute atomic E-state index is 0.0937. The predicted molar refractivity (Wildman–Crippen MR) is 91.3 cm³/mol. The van der Waals surface area contributed by atoms with Crippen molar-refractivity contribution in [3.63, 3.8) is 0 Å². The Hall–Kier alpha value is -2.04. The lowest BCUT2D eigenvalue weighted by Gasteiger charge is -2.12. The van der Waals surface area contributed by atoms with Crippen LogP contribution in [0.2, 0.25) is 10.0 Å². The molecule has 0 unspecified atom stereocenters. The number of carbonyl (C=O) groups is 1. The third-order valence-corrected chi connectivity index (χ3v) is 4.19. The third kappa shape index (κ3) is 3.84. The van der Waals surface area contributed by atoms with Crippen LogP contribution in [-0.2, 0) is 4.79 Å². The van der Waals surface area contributed by atoms with Crippen molar-refractivity contribution in [2.45, 2.75) is 6.42 Å². The minimum Gasteiger partial charge on any atom is -0.484 e. The number of halogens is 2. The van der Waals surface area contributed by atoms with Crippen LogP contribution in [0.3, 0.4) is 0 Å². The molecule has 23 heavy (non-hydrogen) atoms. The van der Waals surface area contributed by atoms with Gasteiger partial charge in [0.2, 0.25) is 0 Å². The second-order valence-corrected chi connectivity index (χ2v) is 5.86. The lowest BCUT2D eigenvalue weighted by atomic mass is 10.1. The number of amides is 1. The fourth-order valence-electron chi connectivity index (χ4n) is 2.26. The Morgan fingerprint density at radius 1 is 1.13 bits per heavy atom. The molecule has 2 aromatic carbocycles. The largest absolute Gasteiger partial charge is 0.484 e. The molecule has 1 amide bonds. The topological polar surface area (TPSA) is 41.9 Å². The Labute approximate surface area is 144 Å². The molecule has 0 bridgehead atoms. The molecular weight excluding hydrogens is 335 g/mol. The molecule has 1 heterocycles. The van der Waals surface area contributed by atoms with E-state index in [-0.39, 0.29) is 12.5 Å². The van der Waals surface area contributed by atoms with E-state index in [2.05, 4.69) is 5.10 Å². The highest BCUT2D eigenvalue weighted by molar-refractivity contribution is 6.42. The van der Waals surface area contributed by atoms with E-state index >= 15 is 0 Å². The molecule has 0 saturated carbocycles. The van der Waals surface area contributed by atoms with Crippen LogP contribution < -0.4 is 4.74 Å². The van der Waals surface area contributed by atoms with Crippen LogP contribution >= 0.6 is 23.2 Å². The number of hydrazone groups is 1. The average molecular weight is 349 g/mol. The van der Waals surface area contributed by atoms with Crippen LogP contribution in [0.5, 0.6) is 5.75 Å². The van der Waals surface area contributed by atoms with E-state index in [1.54, 1.807) is 18.2 Å². The summed E-state index contributed by atoms with van der Waals surface area (Å²) in [7, 11) is 0. The van der Waals surface area contributed by atoms with Crippen molar-refractivity contribution >= 4 is 34.8 Å². The van der Waals surface area contributed by atoms with E-state index in [1.165, 1.54) is 5.01 Å². The molecule has 0 N–H and O–H groups in total. The molecule has 0 aliphatic carbocycles. The van der Waals surface area contributed by atoms with Gasteiger partial charge in [-0.1, -0.05) is 53.5 Å². The first-order valence-electron chi connectivity index (χ1n) is 7.14. The molecule has 0 spiro atoms. The highest BCUT2D eigenvalue weighted by atomic mass is 35.5. The molecule has 0 aromatic heterocycles. The highest BCUT2D eigenvalue weighted by Gasteiger charge is 2.21. The summed E-state index contributed by atoms with van der Waals surface area (Å²) in [5.74, 6) is 0.307. The van der Waals surface area contributed by atoms with Crippen molar-refractivity contribution in [3.05, 3.63) is 64.1 Å². The molecule has 4 nitrogen and oxygen atoms in total. The number of benzene rings is 2. The van der Waals surface area contributed by atoms with Crippen molar-refractivity contribution in [2.75, 3.05) is 13.2 Å². The molecule has 1 aliphatic rings. The van der Waals surface area contributed by atoms with Gasteiger partial charge in [0, 0.05) is 12.5 Å². The van der Waals surface area contributed by atoms with Crippen molar-refractivity contribution in [1.29, 1.82) is 0 Å². The van der Waals surface area contributed by atoms with Crippen molar-refractivity contribution in [2.24, 2.45) is 5.10 Å². The summed E-state index contributed by atoms with van der Waals surface area (Å²) in [6.45, 7) is 0.470. The molecule has 6 heteroatoms. The van der Waals surface area contributed by atoms with Crippen LogP contribution in [0.25, 0.3) is 0 Å². The number of ether oxygens (including phenoxy) is 1. The molecule has 0 saturated heterocycles. The number of rotatable bonds is 4. The number of nitrogens with zero attached hydrogens (tertiary/aromatic N) is 2. The fraction of sp³-hybridized carbons (Fsp3) is 0.176. The summed E-state index contributed by atoms with van der Waals surface area (Å²) >= 11 is 11.8. The van der Waals surface area contributed by atoms with Gasteiger partial charge in [-0.15, -0.1) is 0 Å². The zero-order valence-corrected chi connectivity index (χ0v) is 13.7. The number of hydrogen-bond acceptors (Lipinski definition) is 3. The van der Waals surface area contributed by atoms with Gasteiger partial charge in [-0.25, -0.2) is 5.01 Å². The van der Waals surface area contributed by atoms with Gasteiger partial charge in [0.1, 0.15) is 5.75 Å². The maximum Gasteiger partial charge on any atom is 0.280 e. The summed E-state index contributed by atoms with van der Waals surface area (Å²) < 4.78 is 5.45. The predicted octanol–water partition coefficient (Wildman–Crippen LogP) is 4.01. The summed E-state index contributed by atoms with van der Waals surface area (Å²) in [4.78, 5) is 12.2. The fourth-order valence-corrected chi connectivity index (χ4v) is 2.54.